The summed E-state index contributed by atoms with van der Waals surface area (Å²) >= 11 is 0. The lowest BCUT2D eigenvalue weighted by Gasteiger charge is -2.20. The number of fused-ring (bicyclic) bond motifs is 2. The Labute approximate surface area is 289 Å². The normalized spacial score (nSPS) is 23.0. The molecule has 278 valence electrons. The summed E-state index contributed by atoms with van der Waals surface area (Å²) in [7, 11) is -16.9. The van der Waals surface area contributed by atoms with Crippen LogP contribution < -0.4 is 5.69 Å². The van der Waals surface area contributed by atoms with E-state index in [1.807, 2.05) is 6.07 Å². The van der Waals surface area contributed by atoms with Crippen LogP contribution in [0.1, 0.15) is 17.4 Å². The first-order chi connectivity index (χ1) is 24.3. The number of nitrogens with zero attached hydrogens (tertiary/aromatic N) is 3. The molecule has 3 heterocycles. The van der Waals surface area contributed by atoms with Gasteiger partial charge in [0.1, 0.15) is 24.0 Å². The van der Waals surface area contributed by atoms with Crippen LogP contribution in [0.5, 0.6) is 0 Å². The van der Waals surface area contributed by atoms with Crippen molar-refractivity contribution in [1.82, 2.24) is 14.0 Å². The molecule has 1 fully saturated rings. The van der Waals surface area contributed by atoms with E-state index in [9.17, 15) is 56.6 Å². The Bertz CT molecular complexity index is 2340. The van der Waals surface area contributed by atoms with Crippen molar-refractivity contribution >= 4 is 39.9 Å². The SMILES string of the molecule is O=c1n([C@@H]2O[C@H](COP(=O)(O)OP(=O)(O)OP(=O)(O)OCc3ccc4ccccc4c3)C(O)[C@@H]2O)ccc2nc(-c3cccc(C(F)(F)F)c3)cn12. The smallest absolute Gasteiger partial charge is 0.387 e. The van der Waals surface area contributed by atoms with E-state index in [2.05, 4.69) is 18.1 Å². The van der Waals surface area contributed by atoms with Gasteiger partial charge in [-0.15, -0.1) is 0 Å². The summed E-state index contributed by atoms with van der Waals surface area (Å²) in [4.78, 5) is 47.3. The number of imidazole rings is 1. The molecule has 1 saturated heterocycles. The molecular weight excluding hydrogens is 764 g/mol. The fourth-order valence-corrected chi connectivity index (χ4v) is 8.76. The highest BCUT2D eigenvalue weighted by Gasteiger charge is 2.47. The van der Waals surface area contributed by atoms with Gasteiger partial charge in [0.25, 0.3) is 0 Å². The maximum atomic E-state index is 13.3. The van der Waals surface area contributed by atoms with Gasteiger partial charge in [0, 0.05) is 18.0 Å². The third-order valence-corrected chi connectivity index (χ3v) is 11.9. The second-order valence-electron chi connectivity index (χ2n) is 11.3. The maximum Gasteiger partial charge on any atom is 0.490 e. The molecule has 23 heteroatoms. The Balaban J connectivity index is 1.08. The van der Waals surface area contributed by atoms with Crippen LogP contribution in [-0.4, -0.2) is 63.8 Å². The van der Waals surface area contributed by atoms with Crippen molar-refractivity contribution in [3.8, 4) is 11.3 Å². The molecule has 0 radical (unpaired) electrons. The van der Waals surface area contributed by atoms with Gasteiger partial charge in [-0.1, -0.05) is 48.5 Å². The summed E-state index contributed by atoms with van der Waals surface area (Å²) in [5.41, 5.74) is -1.39. The van der Waals surface area contributed by atoms with Gasteiger partial charge in [-0.2, -0.15) is 21.8 Å². The minimum atomic E-state index is -5.84. The Hall–Kier alpha value is -3.58. The highest BCUT2D eigenvalue weighted by Crippen LogP contribution is 2.68. The van der Waals surface area contributed by atoms with Crippen LogP contribution >= 0.6 is 23.5 Å². The largest absolute Gasteiger partial charge is 0.490 e. The third-order valence-electron chi connectivity index (χ3n) is 7.66. The molecule has 0 spiro atoms. The Morgan fingerprint density at radius 2 is 1.52 bits per heavy atom. The summed E-state index contributed by atoms with van der Waals surface area (Å²) in [5, 5.41) is 22.8. The average molecular weight is 791 g/mol. The fraction of sp³-hybridized carbons (Fsp3) is 0.241. The molecule has 52 heavy (non-hydrogen) atoms. The Morgan fingerprint density at radius 3 is 2.23 bits per heavy atom. The summed E-state index contributed by atoms with van der Waals surface area (Å²) in [6, 6.07) is 17.5. The van der Waals surface area contributed by atoms with E-state index < -0.39 is 78.7 Å². The molecule has 17 nitrogen and oxygen atoms in total. The number of hydrogen-bond acceptors (Lipinski definition) is 12. The average Bonchev–Trinajstić information content (AvgIpc) is 3.63. The van der Waals surface area contributed by atoms with E-state index in [-0.39, 0.29) is 16.9 Å². The van der Waals surface area contributed by atoms with Gasteiger partial charge in [-0.3, -0.25) is 18.0 Å². The van der Waals surface area contributed by atoms with Crippen molar-refractivity contribution in [2.24, 2.45) is 0 Å². The molecule has 6 rings (SSSR count). The van der Waals surface area contributed by atoms with E-state index in [4.69, 9.17) is 9.26 Å². The number of alkyl halides is 3. The quantitative estimate of drug-likeness (QED) is 0.109. The topological polar surface area (TPSA) is 238 Å². The Kier molecular flexibility index (Phi) is 10.5. The number of phosphoric ester groups is 2. The first-order valence-electron chi connectivity index (χ1n) is 14.8. The minimum Gasteiger partial charge on any atom is -0.387 e. The molecule has 1 aliphatic rings. The second-order valence-corrected chi connectivity index (χ2v) is 15.9. The predicted octanol–water partition coefficient (Wildman–Crippen LogP) is 4.52. The van der Waals surface area contributed by atoms with Crippen molar-refractivity contribution in [1.29, 1.82) is 0 Å². The number of phosphoric acid groups is 3. The molecule has 2 aromatic heterocycles. The summed E-state index contributed by atoms with van der Waals surface area (Å²) in [6.07, 6.45) is -9.42. The number of rotatable bonds is 12. The van der Waals surface area contributed by atoms with E-state index in [1.165, 1.54) is 18.2 Å². The fourth-order valence-electron chi connectivity index (χ4n) is 5.26. The van der Waals surface area contributed by atoms with Gasteiger partial charge in [-0.05, 0) is 40.6 Å². The van der Waals surface area contributed by atoms with E-state index >= 15 is 0 Å². The molecule has 0 amide bonds. The third kappa shape index (κ3) is 8.62. The van der Waals surface area contributed by atoms with Crippen LogP contribution in [0.3, 0.4) is 0 Å². The number of aliphatic hydroxyl groups excluding tert-OH is 2. The lowest BCUT2D eigenvalue weighted by atomic mass is 10.1. The molecule has 5 aromatic rings. The first kappa shape index (κ1) is 38.2. The van der Waals surface area contributed by atoms with Crippen LogP contribution in [0.4, 0.5) is 13.2 Å². The zero-order valence-corrected chi connectivity index (χ0v) is 28.7. The van der Waals surface area contributed by atoms with Gasteiger partial charge < -0.3 is 29.6 Å². The van der Waals surface area contributed by atoms with Crippen LogP contribution in [-0.2, 0) is 48.9 Å². The van der Waals surface area contributed by atoms with Gasteiger partial charge in [0.15, 0.2) is 6.23 Å². The highest BCUT2D eigenvalue weighted by atomic mass is 31.3. The zero-order chi connectivity index (χ0) is 37.6. The van der Waals surface area contributed by atoms with Crippen molar-refractivity contribution in [2.45, 2.75) is 37.3 Å². The molecule has 1 aliphatic heterocycles. The lowest BCUT2D eigenvalue weighted by Crippen LogP contribution is -2.36. The molecular formula is C29H27F3N3O14P3. The van der Waals surface area contributed by atoms with Crippen molar-refractivity contribution in [3.05, 3.63) is 107 Å². The predicted molar refractivity (Wildman–Crippen MR) is 172 cm³/mol. The van der Waals surface area contributed by atoms with Crippen LogP contribution in [0.15, 0.2) is 90.0 Å². The van der Waals surface area contributed by atoms with Crippen LogP contribution in [0, 0.1) is 0 Å². The monoisotopic (exact) mass is 791 g/mol. The molecule has 7 atom stereocenters. The molecule has 5 N–H and O–H groups in total. The molecule has 3 aromatic carbocycles. The van der Waals surface area contributed by atoms with Crippen LogP contribution in [0.2, 0.25) is 0 Å². The van der Waals surface area contributed by atoms with E-state index in [0.29, 0.717) is 5.56 Å². The Morgan fingerprint density at radius 1 is 0.827 bits per heavy atom. The van der Waals surface area contributed by atoms with Crippen molar-refractivity contribution in [3.63, 3.8) is 0 Å². The van der Waals surface area contributed by atoms with E-state index in [1.54, 1.807) is 36.4 Å². The number of ether oxygens (including phenoxy) is 1. The summed E-state index contributed by atoms with van der Waals surface area (Å²) in [6.45, 7) is -1.67. The van der Waals surface area contributed by atoms with Crippen molar-refractivity contribution < 1.29 is 74.2 Å². The summed E-state index contributed by atoms with van der Waals surface area (Å²) in [5.74, 6) is 0. The van der Waals surface area contributed by atoms with Gasteiger partial charge >= 0.3 is 35.3 Å². The summed E-state index contributed by atoms with van der Waals surface area (Å²) < 4.78 is 102. The lowest BCUT2D eigenvalue weighted by molar-refractivity contribution is -0.137. The van der Waals surface area contributed by atoms with Crippen LogP contribution in [0.25, 0.3) is 27.7 Å². The first-order valence-corrected chi connectivity index (χ1v) is 19.3. The van der Waals surface area contributed by atoms with Gasteiger partial charge in [0.2, 0.25) is 0 Å². The maximum absolute atomic E-state index is 13.3. The number of aliphatic hydroxyl groups is 2. The number of halogens is 3. The van der Waals surface area contributed by atoms with Crippen molar-refractivity contribution in [2.75, 3.05) is 6.61 Å². The van der Waals surface area contributed by atoms with E-state index in [0.717, 1.165) is 44.3 Å². The minimum absolute atomic E-state index is 0.0121. The number of benzene rings is 3. The van der Waals surface area contributed by atoms with Gasteiger partial charge in [-0.25, -0.2) is 23.5 Å². The highest BCUT2D eigenvalue weighted by molar-refractivity contribution is 7.66. The number of aromatic nitrogens is 3. The molecule has 0 saturated carbocycles. The molecule has 0 aliphatic carbocycles. The molecule has 0 bridgehead atoms. The van der Waals surface area contributed by atoms with Gasteiger partial charge in [0.05, 0.1) is 24.5 Å². The zero-order valence-electron chi connectivity index (χ0n) is 26.0. The number of hydrogen-bond donors (Lipinski definition) is 5. The molecule has 4 unspecified atom stereocenters. The standard InChI is InChI=1S/C29H27F3N3O14P3/c30-29(31,32)21-7-3-6-20(13-21)22-14-35-24(33-22)10-11-34(28(35)38)27-26(37)25(36)23(47-27)16-46-51(41,42)49-52(43,44)48-50(39,40)45-15-17-8-9-18-4-1-2-5-19(18)12-17/h1-14,23,25-27,36-37H,15-16H2,(H,39,40)(H,41,42)(H,43,44)/t23-,25?,26+,27-/m1/s1. The second kappa shape index (κ2) is 14.3.